The monoisotopic (exact) mass is 331 g/mol. The van der Waals surface area contributed by atoms with E-state index < -0.39 is 0 Å². The van der Waals surface area contributed by atoms with Crippen LogP contribution in [0, 0.1) is 35.4 Å². The van der Waals surface area contributed by atoms with E-state index in [4.69, 9.17) is 4.74 Å². The minimum atomic E-state index is -0.370. The van der Waals surface area contributed by atoms with Crippen LogP contribution in [0.3, 0.4) is 0 Å². The van der Waals surface area contributed by atoms with E-state index in [0.29, 0.717) is 18.4 Å². The number of halogens is 1. The lowest BCUT2D eigenvalue weighted by atomic mass is 9.51. The molecular formula is C20H26FNO2. The first kappa shape index (κ1) is 15.9. The van der Waals surface area contributed by atoms with Crippen LogP contribution in [0.5, 0.6) is 5.75 Å². The highest BCUT2D eigenvalue weighted by atomic mass is 19.1. The molecule has 0 radical (unpaired) electrons. The molecule has 4 bridgehead atoms. The molecule has 0 spiro atoms. The number of hydrogen-bond acceptors (Lipinski definition) is 2. The molecule has 3 nitrogen and oxygen atoms in total. The number of carbonyl (C=O) groups excluding carboxylic acids is 1. The van der Waals surface area contributed by atoms with Crippen molar-refractivity contribution in [1.29, 1.82) is 0 Å². The molecule has 0 saturated heterocycles. The van der Waals surface area contributed by atoms with Gasteiger partial charge in [-0.25, -0.2) is 4.39 Å². The Bertz CT molecular complexity index is 617. The first-order valence-electron chi connectivity index (χ1n) is 9.12. The molecule has 4 heteroatoms. The van der Waals surface area contributed by atoms with Gasteiger partial charge >= 0.3 is 0 Å². The Morgan fingerprint density at radius 3 is 2.33 bits per heavy atom. The zero-order chi connectivity index (χ0) is 16.8. The van der Waals surface area contributed by atoms with Crippen LogP contribution in [0.4, 0.5) is 4.39 Å². The summed E-state index contributed by atoms with van der Waals surface area (Å²) in [5.74, 6) is 3.26. The predicted octanol–water partition coefficient (Wildman–Crippen LogP) is 3.87. The molecule has 5 rings (SSSR count). The van der Waals surface area contributed by atoms with Crippen LogP contribution in [0.15, 0.2) is 18.2 Å². The summed E-state index contributed by atoms with van der Waals surface area (Å²) >= 11 is 0. The van der Waals surface area contributed by atoms with Crippen LogP contribution in [0.1, 0.15) is 37.7 Å². The molecule has 0 N–H and O–H groups in total. The molecule has 4 aliphatic rings. The van der Waals surface area contributed by atoms with Crippen molar-refractivity contribution >= 4 is 5.91 Å². The molecule has 1 aromatic carbocycles. The minimum Gasteiger partial charge on any atom is -0.494 e. The third-order valence-corrected chi connectivity index (χ3v) is 6.52. The fourth-order valence-corrected chi connectivity index (χ4v) is 5.74. The maximum atomic E-state index is 13.9. The summed E-state index contributed by atoms with van der Waals surface area (Å²) < 4.78 is 18.8. The van der Waals surface area contributed by atoms with Crippen molar-refractivity contribution < 1.29 is 13.9 Å². The summed E-state index contributed by atoms with van der Waals surface area (Å²) in [5, 5.41) is 0. The number of hydrogen-bond donors (Lipinski definition) is 0. The van der Waals surface area contributed by atoms with Crippen LogP contribution in [0.25, 0.3) is 0 Å². The summed E-state index contributed by atoms with van der Waals surface area (Å²) in [4.78, 5) is 14.9. The number of benzene rings is 1. The van der Waals surface area contributed by atoms with E-state index in [2.05, 4.69) is 0 Å². The predicted molar refractivity (Wildman–Crippen MR) is 90.0 cm³/mol. The van der Waals surface area contributed by atoms with Gasteiger partial charge in [-0.3, -0.25) is 4.79 Å². The highest BCUT2D eigenvalue weighted by Gasteiger charge is 2.51. The number of carbonyl (C=O) groups is 1. The fraction of sp³-hybridized carbons (Fsp3) is 0.650. The Morgan fingerprint density at radius 2 is 1.79 bits per heavy atom. The number of methoxy groups -OCH3 is 1. The molecule has 0 unspecified atom stereocenters. The standard InChI is InChI=1S/C20H26FNO2/c1-22(11-12-3-4-18(24-2)17(21)10-12)20(23)19-15-6-13-5-14(8-15)9-16(19)7-13/h3-4,10,13-16,19H,5-9,11H2,1-2H3. The van der Waals surface area contributed by atoms with Gasteiger partial charge in [0, 0.05) is 19.5 Å². The molecule has 1 aromatic rings. The van der Waals surface area contributed by atoms with Crippen molar-refractivity contribution in [2.75, 3.05) is 14.2 Å². The summed E-state index contributed by atoms with van der Waals surface area (Å²) in [6.07, 6.45) is 6.38. The number of nitrogens with zero attached hydrogens (tertiary/aromatic N) is 1. The second-order valence-electron chi connectivity index (χ2n) is 8.12. The summed E-state index contributed by atoms with van der Waals surface area (Å²) in [6, 6.07) is 4.94. The van der Waals surface area contributed by atoms with Gasteiger partial charge in [-0.1, -0.05) is 6.07 Å². The molecule has 4 fully saturated rings. The molecular weight excluding hydrogens is 305 g/mol. The van der Waals surface area contributed by atoms with E-state index >= 15 is 0 Å². The van der Waals surface area contributed by atoms with Crippen LogP contribution in [-0.4, -0.2) is 25.0 Å². The van der Waals surface area contributed by atoms with Gasteiger partial charge in [-0.05, 0) is 73.5 Å². The zero-order valence-corrected chi connectivity index (χ0v) is 14.5. The summed E-state index contributed by atoms with van der Waals surface area (Å²) in [7, 11) is 3.32. The van der Waals surface area contributed by atoms with E-state index in [1.54, 1.807) is 11.0 Å². The third kappa shape index (κ3) is 2.70. The van der Waals surface area contributed by atoms with E-state index in [-0.39, 0.29) is 23.4 Å². The Kier molecular flexibility index (Phi) is 4.01. The Balaban J connectivity index is 1.45. The van der Waals surface area contributed by atoms with Crippen molar-refractivity contribution in [2.24, 2.45) is 29.6 Å². The van der Waals surface area contributed by atoms with Gasteiger partial charge in [-0.15, -0.1) is 0 Å². The largest absolute Gasteiger partial charge is 0.494 e. The molecule has 0 heterocycles. The van der Waals surface area contributed by atoms with Crippen molar-refractivity contribution in [3.63, 3.8) is 0 Å². The average molecular weight is 331 g/mol. The highest BCUT2D eigenvalue weighted by Crippen LogP contribution is 2.56. The van der Waals surface area contributed by atoms with Gasteiger partial charge in [0.05, 0.1) is 7.11 Å². The van der Waals surface area contributed by atoms with Crippen molar-refractivity contribution in [3.8, 4) is 5.75 Å². The molecule has 0 atom stereocenters. The Labute approximate surface area is 143 Å². The third-order valence-electron chi connectivity index (χ3n) is 6.52. The maximum absolute atomic E-state index is 13.9. The maximum Gasteiger partial charge on any atom is 0.226 e. The molecule has 24 heavy (non-hydrogen) atoms. The van der Waals surface area contributed by atoms with Gasteiger partial charge < -0.3 is 9.64 Å². The van der Waals surface area contributed by atoms with Gasteiger partial charge in [0.15, 0.2) is 11.6 Å². The van der Waals surface area contributed by atoms with Crippen LogP contribution >= 0.6 is 0 Å². The minimum absolute atomic E-state index is 0.200. The molecule has 4 aliphatic carbocycles. The normalized spacial score (nSPS) is 33.5. The van der Waals surface area contributed by atoms with Gasteiger partial charge in [0.25, 0.3) is 0 Å². The second kappa shape index (κ2) is 6.05. The number of amides is 1. The van der Waals surface area contributed by atoms with Crippen LogP contribution < -0.4 is 4.74 Å². The molecule has 130 valence electrons. The van der Waals surface area contributed by atoms with Crippen molar-refractivity contribution in [2.45, 2.75) is 38.6 Å². The first-order chi connectivity index (χ1) is 11.5. The second-order valence-corrected chi connectivity index (χ2v) is 8.12. The Morgan fingerprint density at radius 1 is 1.17 bits per heavy atom. The zero-order valence-electron chi connectivity index (χ0n) is 14.5. The van der Waals surface area contributed by atoms with Crippen LogP contribution in [-0.2, 0) is 11.3 Å². The van der Waals surface area contributed by atoms with E-state index in [0.717, 1.165) is 17.4 Å². The fourth-order valence-electron chi connectivity index (χ4n) is 5.74. The van der Waals surface area contributed by atoms with E-state index in [9.17, 15) is 9.18 Å². The van der Waals surface area contributed by atoms with Crippen LogP contribution in [0.2, 0.25) is 0 Å². The molecule has 1 amide bonds. The molecule has 0 aliphatic heterocycles. The summed E-state index contributed by atoms with van der Waals surface area (Å²) in [6.45, 7) is 0.461. The van der Waals surface area contributed by atoms with E-state index in [1.807, 2.05) is 13.1 Å². The molecule has 4 saturated carbocycles. The number of ether oxygens (including phenoxy) is 1. The highest BCUT2D eigenvalue weighted by molar-refractivity contribution is 5.79. The first-order valence-corrected chi connectivity index (χ1v) is 9.12. The lowest BCUT2D eigenvalue weighted by Crippen LogP contribution is -2.51. The van der Waals surface area contributed by atoms with E-state index in [1.165, 1.54) is 45.3 Å². The topological polar surface area (TPSA) is 29.5 Å². The van der Waals surface area contributed by atoms with Gasteiger partial charge in [-0.2, -0.15) is 0 Å². The lowest BCUT2D eigenvalue weighted by molar-refractivity contribution is -0.148. The van der Waals surface area contributed by atoms with Gasteiger partial charge in [0.2, 0.25) is 5.91 Å². The smallest absolute Gasteiger partial charge is 0.226 e. The lowest BCUT2D eigenvalue weighted by Gasteiger charge is -2.54. The molecule has 0 aromatic heterocycles. The summed E-state index contributed by atoms with van der Waals surface area (Å²) in [5.41, 5.74) is 0.813. The average Bonchev–Trinajstić information content (AvgIpc) is 2.53. The SMILES string of the molecule is COc1ccc(CN(C)C(=O)C2C3CC4CC(C3)CC2C4)cc1F. The van der Waals surface area contributed by atoms with Crippen molar-refractivity contribution in [1.82, 2.24) is 4.90 Å². The van der Waals surface area contributed by atoms with Gasteiger partial charge in [0.1, 0.15) is 0 Å². The van der Waals surface area contributed by atoms with Crippen molar-refractivity contribution in [3.05, 3.63) is 29.6 Å². The Hall–Kier alpha value is -1.58. The quantitative estimate of drug-likeness (QED) is 0.838. The number of rotatable bonds is 4.